The van der Waals surface area contributed by atoms with Gasteiger partial charge in [-0.2, -0.15) is 0 Å². The summed E-state index contributed by atoms with van der Waals surface area (Å²) in [7, 11) is 3.26. The Balaban J connectivity index is 3.21. The summed E-state index contributed by atoms with van der Waals surface area (Å²) >= 11 is 0. The summed E-state index contributed by atoms with van der Waals surface area (Å²) in [6.07, 6.45) is 3.91. The first-order valence-corrected chi connectivity index (χ1v) is 3.72. The van der Waals surface area contributed by atoms with E-state index in [0.29, 0.717) is 0 Å². The maximum atomic E-state index is 4.97. The molecule has 0 saturated heterocycles. The van der Waals surface area contributed by atoms with E-state index in [2.05, 4.69) is 5.32 Å². The highest BCUT2D eigenvalue weighted by atomic mass is 16.7. The Morgan fingerprint density at radius 1 is 1.36 bits per heavy atom. The molecule has 1 N–H and O–H groups in total. The SMILES string of the molecule is C/C=C/CNCC(OC)OC. The van der Waals surface area contributed by atoms with Crippen molar-refractivity contribution in [1.82, 2.24) is 5.32 Å². The fourth-order valence-electron chi connectivity index (χ4n) is 0.665. The van der Waals surface area contributed by atoms with E-state index in [-0.39, 0.29) is 6.29 Å². The number of allylic oxidation sites excluding steroid dienone is 1. The van der Waals surface area contributed by atoms with Crippen LogP contribution in [0.3, 0.4) is 0 Å². The smallest absolute Gasteiger partial charge is 0.169 e. The normalized spacial score (nSPS) is 11.6. The summed E-state index contributed by atoms with van der Waals surface area (Å²) in [4.78, 5) is 0. The van der Waals surface area contributed by atoms with Crippen LogP contribution in [0.25, 0.3) is 0 Å². The van der Waals surface area contributed by atoms with Crippen LogP contribution in [0.2, 0.25) is 0 Å². The van der Waals surface area contributed by atoms with E-state index in [9.17, 15) is 0 Å². The summed E-state index contributed by atoms with van der Waals surface area (Å²) in [5.74, 6) is 0. The highest BCUT2D eigenvalue weighted by Gasteiger charge is 2.01. The van der Waals surface area contributed by atoms with E-state index < -0.39 is 0 Å². The molecular formula is C8H17NO2. The van der Waals surface area contributed by atoms with Crippen molar-refractivity contribution < 1.29 is 9.47 Å². The number of methoxy groups -OCH3 is 2. The zero-order valence-corrected chi connectivity index (χ0v) is 7.46. The van der Waals surface area contributed by atoms with E-state index in [1.54, 1.807) is 14.2 Å². The standard InChI is InChI=1S/C8H17NO2/c1-4-5-6-9-7-8(10-2)11-3/h4-5,8-9H,6-7H2,1-3H3/b5-4+. The third-order valence-corrected chi connectivity index (χ3v) is 1.33. The second kappa shape index (κ2) is 7.72. The third kappa shape index (κ3) is 6.04. The summed E-state index contributed by atoms with van der Waals surface area (Å²) in [5.41, 5.74) is 0. The average Bonchev–Trinajstić information content (AvgIpc) is 2.05. The maximum Gasteiger partial charge on any atom is 0.169 e. The van der Waals surface area contributed by atoms with Gasteiger partial charge < -0.3 is 14.8 Å². The van der Waals surface area contributed by atoms with Gasteiger partial charge in [0.25, 0.3) is 0 Å². The molecule has 0 aromatic carbocycles. The molecule has 0 fully saturated rings. The number of nitrogens with one attached hydrogen (secondary N) is 1. The molecule has 0 atom stereocenters. The fourth-order valence-corrected chi connectivity index (χ4v) is 0.665. The Labute approximate surface area is 68.4 Å². The predicted molar refractivity (Wildman–Crippen MR) is 45.5 cm³/mol. The van der Waals surface area contributed by atoms with Crippen LogP contribution < -0.4 is 5.32 Å². The van der Waals surface area contributed by atoms with Gasteiger partial charge in [-0.3, -0.25) is 0 Å². The summed E-state index contributed by atoms with van der Waals surface area (Å²) in [6.45, 7) is 3.57. The van der Waals surface area contributed by atoms with Crippen molar-refractivity contribution >= 4 is 0 Å². The molecule has 0 aliphatic heterocycles. The second-order valence-corrected chi connectivity index (χ2v) is 2.13. The average molecular weight is 159 g/mol. The van der Waals surface area contributed by atoms with Crippen molar-refractivity contribution in [3.63, 3.8) is 0 Å². The molecule has 0 aromatic rings. The van der Waals surface area contributed by atoms with Gasteiger partial charge in [0.2, 0.25) is 0 Å². The lowest BCUT2D eigenvalue weighted by Gasteiger charge is -2.12. The number of ether oxygens (including phenoxy) is 2. The van der Waals surface area contributed by atoms with Crippen LogP contribution >= 0.6 is 0 Å². The number of hydrogen-bond donors (Lipinski definition) is 1. The molecule has 0 bridgehead atoms. The Kier molecular flexibility index (Phi) is 7.46. The van der Waals surface area contributed by atoms with Crippen molar-refractivity contribution in [1.29, 1.82) is 0 Å². The van der Waals surface area contributed by atoms with Crippen LogP contribution in [0.5, 0.6) is 0 Å². The van der Waals surface area contributed by atoms with Gasteiger partial charge in [-0.05, 0) is 6.92 Å². The van der Waals surface area contributed by atoms with Gasteiger partial charge in [0.15, 0.2) is 6.29 Å². The minimum atomic E-state index is -0.139. The van der Waals surface area contributed by atoms with Crippen molar-refractivity contribution in [2.45, 2.75) is 13.2 Å². The quantitative estimate of drug-likeness (QED) is 0.353. The molecule has 3 heteroatoms. The molecule has 0 aromatic heterocycles. The monoisotopic (exact) mass is 159 g/mol. The molecule has 0 saturated carbocycles. The number of hydrogen-bond acceptors (Lipinski definition) is 3. The minimum absolute atomic E-state index is 0.139. The lowest BCUT2D eigenvalue weighted by Crippen LogP contribution is -2.29. The van der Waals surface area contributed by atoms with Crippen molar-refractivity contribution in [2.24, 2.45) is 0 Å². The molecule has 0 aliphatic carbocycles. The number of rotatable bonds is 6. The van der Waals surface area contributed by atoms with Gasteiger partial charge in [0.1, 0.15) is 0 Å². The van der Waals surface area contributed by atoms with Gasteiger partial charge in [-0.15, -0.1) is 0 Å². The molecule has 3 nitrogen and oxygen atoms in total. The molecule has 0 radical (unpaired) electrons. The molecule has 66 valence electrons. The molecule has 0 rings (SSSR count). The van der Waals surface area contributed by atoms with Crippen molar-refractivity contribution in [3.8, 4) is 0 Å². The first-order chi connectivity index (χ1) is 5.35. The fraction of sp³-hybridized carbons (Fsp3) is 0.750. The van der Waals surface area contributed by atoms with E-state index >= 15 is 0 Å². The molecule has 0 amide bonds. The van der Waals surface area contributed by atoms with E-state index in [1.165, 1.54) is 0 Å². The Bertz CT molecular complexity index is 100. The first kappa shape index (κ1) is 10.6. The Hall–Kier alpha value is -0.380. The zero-order valence-electron chi connectivity index (χ0n) is 7.46. The highest BCUT2D eigenvalue weighted by molar-refractivity contribution is 4.79. The van der Waals surface area contributed by atoms with Gasteiger partial charge in [-0.1, -0.05) is 12.2 Å². The van der Waals surface area contributed by atoms with Crippen LogP contribution in [0, 0.1) is 0 Å². The van der Waals surface area contributed by atoms with Gasteiger partial charge in [-0.25, -0.2) is 0 Å². The summed E-state index contributed by atoms with van der Waals surface area (Å²) in [5, 5.41) is 3.15. The lowest BCUT2D eigenvalue weighted by atomic mass is 10.5. The van der Waals surface area contributed by atoms with E-state index in [4.69, 9.17) is 9.47 Å². The first-order valence-electron chi connectivity index (χ1n) is 3.72. The van der Waals surface area contributed by atoms with Crippen molar-refractivity contribution in [2.75, 3.05) is 27.3 Å². The van der Waals surface area contributed by atoms with Gasteiger partial charge in [0, 0.05) is 27.3 Å². The maximum absolute atomic E-state index is 4.97. The third-order valence-electron chi connectivity index (χ3n) is 1.33. The topological polar surface area (TPSA) is 30.5 Å². The predicted octanol–water partition coefficient (Wildman–Crippen LogP) is 0.771. The lowest BCUT2D eigenvalue weighted by molar-refractivity contribution is -0.0983. The molecule has 11 heavy (non-hydrogen) atoms. The van der Waals surface area contributed by atoms with Gasteiger partial charge >= 0.3 is 0 Å². The van der Waals surface area contributed by atoms with E-state index in [1.807, 2.05) is 19.1 Å². The molecule has 0 aliphatic rings. The molecule has 0 spiro atoms. The molecule has 0 unspecified atom stereocenters. The second-order valence-electron chi connectivity index (χ2n) is 2.13. The Morgan fingerprint density at radius 3 is 2.45 bits per heavy atom. The largest absolute Gasteiger partial charge is 0.355 e. The Morgan fingerprint density at radius 2 is 2.00 bits per heavy atom. The van der Waals surface area contributed by atoms with Crippen LogP contribution in [0.15, 0.2) is 12.2 Å². The molecular weight excluding hydrogens is 142 g/mol. The minimum Gasteiger partial charge on any atom is -0.355 e. The van der Waals surface area contributed by atoms with Crippen molar-refractivity contribution in [3.05, 3.63) is 12.2 Å². The summed E-state index contributed by atoms with van der Waals surface area (Å²) < 4.78 is 9.94. The van der Waals surface area contributed by atoms with Crippen LogP contribution in [0.1, 0.15) is 6.92 Å². The van der Waals surface area contributed by atoms with Gasteiger partial charge in [0.05, 0.1) is 0 Å². The molecule has 0 heterocycles. The van der Waals surface area contributed by atoms with Crippen LogP contribution in [-0.2, 0) is 9.47 Å². The zero-order chi connectivity index (χ0) is 8.53. The highest BCUT2D eigenvalue weighted by Crippen LogP contribution is 1.86. The van der Waals surface area contributed by atoms with Crippen LogP contribution in [-0.4, -0.2) is 33.6 Å². The van der Waals surface area contributed by atoms with Crippen LogP contribution in [0.4, 0.5) is 0 Å². The summed E-state index contributed by atoms with van der Waals surface area (Å²) in [6, 6.07) is 0. The van der Waals surface area contributed by atoms with E-state index in [0.717, 1.165) is 13.1 Å².